The Hall–Kier alpha value is -1.79. The lowest BCUT2D eigenvalue weighted by molar-refractivity contribution is -0.143. The van der Waals surface area contributed by atoms with E-state index in [1.54, 1.807) is 0 Å². The zero-order chi connectivity index (χ0) is 12.1. The number of nitrogens with two attached hydrogens (primary N) is 1. The SMILES string of the molecule is COC(=O)C(CC(F)F)c1cnnc(N)c1. The number of carbonyl (C=O) groups excluding carboxylic acids is 1. The van der Waals surface area contributed by atoms with Crippen LogP contribution in [-0.2, 0) is 9.53 Å². The lowest BCUT2D eigenvalue weighted by Gasteiger charge is -2.13. The van der Waals surface area contributed by atoms with Gasteiger partial charge in [-0.05, 0) is 11.6 Å². The highest BCUT2D eigenvalue weighted by molar-refractivity contribution is 5.78. The van der Waals surface area contributed by atoms with E-state index in [-0.39, 0.29) is 11.4 Å². The molecule has 0 bridgehead atoms. The molecule has 5 nitrogen and oxygen atoms in total. The van der Waals surface area contributed by atoms with Crippen LogP contribution in [0.3, 0.4) is 0 Å². The van der Waals surface area contributed by atoms with Crippen molar-refractivity contribution < 1.29 is 18.3 Å². The van der Waals surface area contributed by atoms with Gasteiger partial charge in [-0.1, -0.05) is 0 Å². The standard InChI is InChI=1S/C9H11F2N3O2/c1-16-9(15)6(3-7(10)11)5-2-8(12)14-13-4-5/h2,4,6-7H,3H2,1H3,(H2,12,14). The molecule has 1 unspecified atom stereocenters. The van der Waals surface area contributed by atoms with Gasteiger partial charge in [-0.25, -0.2) is 8.78 Å². The summed E-state index contributed by atoms with van der Waals surface area (Å²) in [6.07, 6.45) is -2.02. The predicted octanol–water partition coefficient (Wildman–Crippen LogP) is 0.971. The summed E-state index contributed by atoms with van der Waals surface area (Å²) in [7, 11) is 1.14. The summed E-state index contributed by atoms with van der Waals surface area (Å²) in [5.41, 5.74) is 5.63. The largest absolute Gasteiger partial charge is 0.469 e. The summed E-state index contributed by atoms with van der Waals surface area (Å²) in [4.78, 5) is 11.3. The Labute approximate surface area is 90.6 Å². The topological polar surface area (TPSA) is 78.1 Å². The number of ether oxygens (including phenoxy) is 1. The fourth-order valence-corrected chi connectivity index (χ4v) is 1.28. The van der Waals surface area contributed by atoms with Crippen molar-refractivity contribution >= 4 is 11.8 Å². The predicted molar refractivity (Wildman–Crippen MR) is 51.8 cm³/mol. The molecule has 0 aliphatic heterocycles. The van der Waals surface area contributed by atoms with Crippen LogP contribution in [0, 0.1) is 0 Å². The van der Waals surface area contributed by atoms with Crippen LogP contribution in [0.2, 0.25) is 0 Å². The fraction of sp³-hybridized carbons (Fsp3) is 0.444. The molecule has 1 rings (SSSR count). The molecule has 0 aliphatic rings. The third-order valence-corrected chi connectivity index (χ3v) is 2.00. The number of hydrogen-bond donors (Lipinski definition) is 1. The van der Waals surface area contributed by atoms with Crippen molar-refractivity contribution in [1.29, 1.82) is 0 Å². The summed E-state index contributed by atoms with van der Waals surface area (Å²) < 4.78 is 29.0. The minimum atomic E-state index is -2.61. The minimum Gasteiger partial charge on any atom is -0.469 e. The third-order valence-electron chi connectivity index (χ3n) is 2.00. The summed E-state index contributed by atoms with van der Waals surface area (Å²) in [6, 6.07) is 1.33. The summed E-state index contributed by atoms with van der Waals surface area (Å²) in [5, 5.41) is 6.98. The van der Waals surface area contributed by atoms with Crippen molar-refractivity contribution in [1.82, 2.24) is 10.2 Å². The number of hydrogen-bond acceptors (Lipinski definition) is 5. The number of aromatic nitrogens is 2. The third kappa shape index (κ3) is 3.11. The molecule has 0 saturated carbocycles. The summed E-state index contributed by atoms with van der Waals surface area (Å²) in [6.45, 7) is 0. The average Bonchev–Trinajstić information content (AvgIpc) is 2.24. The second-order valence-electron chi connectivity index (χ2n) is 3.12. The molecule has 0 spiro atoms. The van der Waals surface area contributed by atoms with E-state index < -0.39 is 24.7 Å². The first-order valence-corrected chi connectivity index (χ1v) is 4.48. The molecule has 0 aliphatic carbocycles. The zero-order valence-electron chi connectivity index (χ0n) is 8.56. The highest BCUT2D eigenvalue weighted by Crippen LogP contribution is 2.24. The lowest BCUT2D eigenvalue weighted by Crippen LogP contribution is -2.18. The first-order chi connectivity index (χ1) is 7.54. The van der Waals surface area contributed by atoms with Crippen LogP contribution in [0.25, 0.3) is 0 Å². The van der Waals surface area contributed by atoms with E-state index in [0.29, 0.717) is 0 Å². The highest BCUT2D eigenvalue weighted by atomic mass is 19.3. The normalized spacial score (nSPS) is 12.5. The van der Waals surface area contributed by atoms with Crippen molar-refractivity contribution in [3.8, 4) is 0 Å². The van der Waals surface area contributed by atoms with E-state index in [9.17, 15) is 13.6 Å². The summed E-state index contributed by atoms with van der Waals surface area (Å²) in [5.74, 6) is -1.74. The first-order valence-electron chi connectivity index (χ1n) is 4.48. The maximum absolute atomic E-state index is 12.3. The monoisotopic (exact) mass is 231 g/mol. The van der Waals surface area contributed by atoms with Crippen molar-refractivity contribution in [2.75, 3.05) is 12.8 Å². The Balaban J connectivity index is 2.96. The molecule has 0 fully saturated rings. The van der Waals surface area contributed by atoms with E-state index in [2.05, 4.69) is 14.9 Å². The van der Waals surface area contributed by atoms with Gasteiger partial charge in [0.05, 0.1) is 19.2 Å². The average molecular weight is 231 g/mol. The quantitative estimate of drug-likeness (QED) is 0.781. The smallest absolute Gasteiger partial charge is 0.313 e. The first kappa shape index (κ1) is 12.3. The Morgan fingerprint density at radius 2 is 2.31 bits per heavy atom. The van der Waals surface area contributed by atoms with Crippen LogP contribution in [0.5, 0.6) is 0 Å². The van der Waals surface area contributed by atoms with E-state index >= 15 is 0 Å². The zero-order valence-corrected chi connectivity index (χ0v) is 8.56. The van der Waals surface area contributed by atoms with Crippen molar-refractivity contribution in [2.45, 2.75) is 18.8 Å². The molecule has 1 aromatic rings. The number of nitrogen functional groups attached to an aromatic ring is 1. The van der Waals surface area contributed by atoms with Gasteiger partial charge >= 0.3 is 5.97 Å². The van der Waals surface area contributed by atoms with Crippen LogP contribution in [-0.4, -0.2) is 29.7 Å². The Kier molecular flexibility index (Phi) is 4.10. The van der Waals surface area contributed by atoms with Gasteiger partial charge < -0.3 is 10.5 Å². The van der Waals surface area contributed by atoms with Crippen LogP contribution in [0.1, 0.15) is 17.9 Å². The molecule has 0 amide bonds. The maximum atomic E-state index is 12.3. The Morgan fingerprint density at radius 3 is 2.81 bits per heavy atom. The number of nitrogens with zero attached hydrogens (tertiary/aromatic N) is 2. The Bertz CT molecular complexity index is 374. The lowest BCUT2D eigenvalue weighted by atomic mass is 9.98. The summed E-state index contributed by atoms with van der Waals surface area (Å²) >= 11 is 0. The minimum absolute atomic E-state index is 0.0701. The van der Waals surface area contributed by atoms with Crippen molar-refractivity contribution in [2.24, 2.45) is 0 Å². The second-order valence-corrected chi connectivity index (χ2v) is 3.12. The molecule has 0 saturated heterocycles. The van der Waals surface area contributed by atoms with E-state index in [1.165, 1.54) is 12.3 Å². The van der Waals surface area contributed by atoms with Crippen LogP contribution >= 0.6 is 0 Å². The molecule has 1 heterocycles. The number of carbonyl (C=O) groups is 1. The molecule has 16 heavy (non-hydrogen) atoms. The van der Waals surface area contributed by atoms with E-state index in [1.807, 2.05) is 0 Å². The second kappa shape index (κ2) is 5.34. The Morgan fingerprint density at radius 1 is 1.62 bits per heavy atom. The molecular formula is C9H11F2N3O2. The van der Waals surface area contributed by atoms with E-state index in [0.717, 1.165) is 7.11 Å². The van der Waals surface area contributed by atoms with Crippen LogP contribution in [0.15, 0.2) is 12.3 Å². The van der Waals surface area contributed by atoms with Crippen molar-refractivity contribution in [3.05, 3.63) is 17.8 Å². The molecule has 0 aromatic carbocycles. The van der Waals surface area contributed by atoms with Crippen LogP contribution in [0.4, 0.5) is 14.6 Å². The molecule has 1 aromatic heterocycles. The van der Waals surface area contributed by atoms with E-state index in [4.69, 9.17) is 5.73 Å². The van der Waals surface area contributed by atoms with Gasteiger partial charge in [0.15, 0.2) is 0 Å². The molecular weight excluding hydrogens is 220 g/mol. The van der Waals surface area contributed by atoms with Gasteiger partial charge in [-0.2, -0.15) is 5.10 Å². The molecule has 1 atom stereocenters. The molecule has 7 heteroatoms. The molecule has 2 N–H and O–H groups in total. The van der Waals surface area contributed by atoms with Gasteiger partial charge in [0.1, 0.15) is 5.82 Å². The molecule has 0 radical (unpaired) electrons. The van der Waals surface area contributed by atoms with Gasteiger partial charge in [0, 0.05) is 6.42 Å². The maximum Gasteiger partial charge on any atom is 0.313 e. The highest BCUT2D eigenvalue weighted by Gasteiger charge is 2.26. The number of halogens is 2. The van der Waals surface area contributed by atoms with Gasteiger partial charge in [-0.15, -0.1) is 5.10 Å². The van der Waals surface area contributed by atoms with Gasteiger partial charge in [0.2, 0.25) is 6.43 Å². The fourth-order valence-electron chi connectivity index (χ4n) is 1.28. The number of anilines is 1. The number of alkyl halides is 2. The van der Waals surface area contributed by atoms with Gasteiger partial charge in [0.25, 0.3) is 0 Å². The van der Waals surface area contributed by atoms with Gasteiger partial charge in [-0.3, -0.25) is 4.79 Å². The van der Waals surface area contributed by atoms with Crippen molar-refractivity contribution in [3.63, 3.8) is 0 Å². The number of esters is 1. The number of methoxy groups -OCH3 is 1. The van der Waals surface area contributed by atoms with Crippen LogP contribution < -0.4 is 5.73 Å². The molecule has 88 valence electrons. The number of rotatable bonds is 4.